The average molecular weight is 727 g/mol. The van der Waals surface area contributed by atoms with Crippen molar-refractivity contribution in [2.75, 3.05) is 10.6 Å². The molecule has 1 aliphatic carbocycles. The molecule has 8 rings (SSSR count). The molecule has 53 heavy (non-hydrogen) atoms. The fourth-order valence-corrected chi connectivity index (χ4v) is 7.01. The Morgan fingerprint density at radius 1 is 0.906 bits per heavy atom. The number of ether oxygens (including phenoxy) is 2. The summed E-state index contributed by atoms with van der Waals surface area (Å²) in [5.41, 5.74) is 5.28. The van der Waals surface area contributed by atoms with Crippen LogP contribution < -0.4 is 20.7 Å². The molecule has 3 N–H and O–H groups in total. The summed E-state index contributed by atoms with van der Waals surface area (Å²) >= 11 is 1.46. The van der Waals surface area contributed by atoms with Crippen molar-refractivity contribution >= 4 is 66.9 Å². The van der Waals surface area contributed by atoms with Gasteiger partial charge in [0, 0.05) is 47.0 Å². The number of nitrogens with one attached hydrogen (secondary N) is 3. The molecule has 266 valence electrons. The molecule has 0 aliphatic heterocycles. The minimum Gasteiger partial charge on any atom is -0.453 e. The summed E-state index contributed by atoms with van der Waals surface area (Å²) in [7, 11) is 0. The number of pyridine rings is 3. The molecule has 4 heterocycles. The SMILES string of the molecule is CC(C)(C)OC(=O)Nc1ccc(Cc2ccc(-c3cc4nccc(Oc5ccc(NC(=O)NC6CC6)cc5F)c4s3)nc2)c2cc3ccccc3nc12. The number of carbonyl (C=O) groups is 2. The van der Waals surface area contributed by atoms with E-state index in [-0.39, 0.29) is 17.8 Å². The Morgan fingerprint density at radius 3 is 2.53 bits per heavy atom. The first-order valence-corrected chi connectivity index (χ1v) is 18.1. The van der Waals surface area contributed by atoms with E-state index in [0.717, 1.165) is 55.5 Å². The number of para-hydroxylation sites is 1. The lowest BCUT2D eigenvalue weighted by Gasteiger charge is -2.20. The van der Waals surface area contributed by atoms with Crippen LogP contribution in [0.15, 0.2) is 97.3 Å². The number of fused-ring (bicyclic) bond motifs is 3. The fraction of sp³-hybridized carbons (Fsp3) is 0.195. The van der Waals surface area contributed by atoms with Gasteiger partial charge in [0.25, 0.3) is 0 Å². The van der Waals surface area contributed by atoms with Gasteiger partial charge >= 0.3 is 12.1 Å². The lowest BCUT2D eigenvalue weighted by atomic mass is 9.99. The third kappa shape index (κ3) is 7.73. The first-order valence-electron chi connectivity index (χ1n) is 17.2. The van der Waals surface area contributed by atoms with Crippen molar-refractivity contribution in [3.63, 3.8) is 0 Å². The quantitative estimate of drug-likeness (QED) is 0.133. The first-order chi connectivity index (χ1) is 25.5. The highest BCUT2D eigenvalue weighted by Gasteiger charge is 2.23. The van der Waals surface area contributed by atoms with Crippen LogP contribution in [0.5, 0.6) is 11.5 Å². The van der Waals surface area contributed by atoms with Crippen molar-refractivity contribution in [3.05, 3.63) is 114 Å². The number of urea groups is 1. The minimum atomic E-state index is -0.636. The molecule has 10 nitrogen and oxygen atoms in total. The number of aromatic nitrogens is 3. The molecule has 0 spiro atoms. The molecule has 1 saturated carbocycles. The Hall–Kier alpha value is -6.14. The summed E-state index contributed by atoms with van der Waals surface area (Å²) in [5, 5.41) is 10.3. The van der Waals surface area contributed by atoms with Crippen molar-refractivity contribution < 1.29 is 23.5 Å². The van der Waals surface area contributed by atoms with Crippen LogP contribution in [0.2, 0.25) is 0 Å². The van der Waals surface area contributed by atoms with Gasteiger partial charge in [0.1, 0.15) is 11.4 Å². The van der Waals surface area contributed by atoms with Crippen LogP contribution in [-0.4, -0.2) is 38.7 Å². The number of rotatable bonds is 8. The normalized spacial score (nSPS) is 12.9. The number of halogens is 1. The second-order valence-electron chi connectivity index (χ2n) is 14.0. The molecule has 0 atom stereocenters. The van der Waals surface area contributed by atoms with Crippen molar-refractivity contribution in [2.24, 2.45) is 0 Å². The molecule has 3 amide bonds. The van der Waals surface area contributed by atoms with E-state index >= 15 is 4.39 Å². The fourth-order valence-electron chi connectivity index (χ4n) is 5.96. The maximum atomic E-state index is 15.1. The number of amides is 3. The first kappa shape index (κ1) is 34.0. The average Bonchev–Trinajstić information content (AvgIpc) is 3.82. The Bertz CT molecular complexity index is 2530. The third-order valence-corrected chi connectivity index (χ3v) is 9.74. The highest BCUT2D eigenvalue weighted by atomic mass is 32.1. The van der Waals surface area contributed by atoms with Gasteiger partial charge in [0.2, 0.25) is 0 Å². The summed E-state index contributed by atoms with van der Waals surface area (Å²) in [6.45, 7) is 5.47. The predicted octanol–water partition coefficient (Wildman–Crippen LogP) is 10.2. The van der Waals surface area contributed by atoms with E-state index in [2.05, 4.69) is 27.0 Å². The van der Waals surface area contributed by atoms with Crippen LogP contribution in [0, 0.1) is 5.82 Å². The second-order valence-corrected chi connectivity index (χ2v) is 15.0. The van der Waals surface area contributed by atoms with Crippen molar-refractivity contribution in [1.82, 2.24) is 20.3 Å². The van der Waals surface area contributed by atoms with Gasteiger partial charge in [-0.05, 0) is 93.6 Å². The van der Waals surface area contributed by atoms with Crippen LogP contribution in [0.3, 0.4) is 0 Å². The monoisotopic (exact) mass is 726 g/mol. The molecule has 0 radical (unpaired) electrons. The van der Waals surface area contributed by atoms with Crippen LogP contribution in [-0.2, 0) is 11.2 Å². The van der Waals surface area contributed by atoms with Crippen LogP contribution in [0.4, 0.5) is 25.4 Å². The van der Waals surface area contributed by atoms with Crippen molar-refractivity contribution in [1.29, 1.82) is 0 Å². The number of nitrogens with zero attached hydrogens (tertiary/aromatic N) is 3. The van der Waals surface area contributed by atoms with Crippen LogP contribution in [0.25, 0.3) is 42.6 Å². The number of hydrogen-bond donors (Lipinski definition) is 3. The molecule has 0 bridgehead atoms. The lowest BCUT2D eigenvalue weighted by molar-refractivity contribution is 0.0636. The molecule has 4 aromatic heterocycles. The maximum Gasteiger partial charge on any atom is 0.412 e. The number of benzene rings is 3. The molecule has 7 aromatic rings. The van der Waals surface area contributed by atoms with Gasteiger partial charge in [0.05, 0.1) is 37.5 Å². The summed E-state index contributed by atoms with van der Waals surface area (Å²) in [6.07, 6.45) is 5.45. The molecule has 1 aliphatic rings. The van der Waals surface area contributed by atoms with Gasteiger partial charge in [0.15, 0.2) is 11.6 Å². The highest BCUT2D eigenvalue weighted by molar-refractivity contribution is 7.22. The molecule has 3 aromatic carbocycles. The molecule has 1 fully saturated rings. The molecule has 12 heteroatoms. The summed E-state index contributed by atoms with van der Waals surface area (Å²) in [6, 6.07) is 25.7. The largest absolute Gasteiger partial charge is 0.453 e. The standard InChI is InChI=1S/C41H35FN6O4S/c1-41(2,3)52-40(50)48-32-14-9-24(28-19-25-6-4-5-7-30(25)47-37(28)32)18-23-8-13-31(44-22-23)36-21-33-38(53-36)35(16-17-43-33)51-34-15-12-27(20-29(34)42)46-39(49)45-26-10-11-26/h4-9,12-17,19-22,26H,10-11,18H2,1-3H3,(H,48,50)(H2,45,46,49). The van der Waals surface area contributed by atoms with E-state index in [1.807, 2.05) is 81.6 Å². The van der Waals surface area contributed by atoms with E-state index < -0.39 is 17.5 Å². The van der Waals surface area contributed by atoms with Crippen LogP contribution in [0.1, 0.15) is 44.7 Å². The van der Waals surface area contributed by atoms with Crippen molar-refractivity contribution in [3.8, 4) is 22.1 Å². The van der Waals surface area contributed by atoms with E-state index in [0.29, 0.717) is 34.6 Å². The molecular weight excluding hydrogens is 692 g/mol. The summed E-state index contributed by atoms with van der Waals surface area (Å²) < 4.78 is 27.3. The smallest absolute Gasteiger partial charge is 0.412 e. The van der Waals surface area contributed by atoms with Gasteiger partial charge in [-0.2, -0.15) is 0 Å². The zero-order valence-electron chi connectivity index (χ0n) is 29.2. The summed E-state index contributed by atoms with van der Waals surface area (Å²) in [4.78, 5) is 39.9. The second kappa shape index (κ2) is 13.8. The van der Waals surface area contributed by atoms with E-state index in [4.69, 9.17) is 19.4 Å². The Morgan fingerprint density at radius 2 is 1.75 bits per heavy atom. The van der Waals surface area contributed by atoms with Gasteiger partial charge in [-0.15, -0.1) is 11.3 Å². The number of thiophene rings is 1. The van der Waals surface area contributed by atoms with Crippen molar-refractivity contribution in [2.45, 2.75) is 51.7 Å². The van der Waals surface area contributed by atoms with E-state index in [1.54, 1.807) is 18.3 Å². The maximum absolute atomic E-state index is 15.1. The number of carbonyl (C=O) groups excluding carboxylic acids is 2. The highest BCUT2D eigenvalue weighted by Crippen LogP contribution is 2.39. The Kier molecular flexibility index (Phi) is 8.83. The lowest BCUT2D eigenvalue weighted by Crippen LogP contribution is -2.30. The van der Waals surface area contributed by atoms with Gasteiger partial charge in [-0.25, -0.2) is 19.0 Å². The van der Waals surface area contributed by atoms with Crippen LogP contribution >= 0.6 is 11.3 Å². The Balaban J connectivity index is 1.02. The van der Waals surface area contributed by atoms with E-state index in [1.165, 1.54) is 23.5 Å². The topological polar surface area (TPSA) is 127 Å². The molecule has 0 unspecified atom stereocenters. The minimum absolute atomic E-state index is 0.0347. The number of anilines is 2. The zero-order valence-corrected chi connectivity index (χ0v) is 30.0. The van der Waals surface area contributed by atoms with Gasteiger partial charge in [-0.3, -0.25) is 15.3 Å². The van der Waals surface area contributed by atoms with Gasteiger partial charge < -0.3 is 20.1 Å². The Labute approximate surface area is 308 Å². The predicted molar refractivity (Wildman–Crippen MR) is 206 cm³/mol. The molecular formula is C41H35FN6O4S. The van der Waals surface area contributed by atoms with E-state index in [9.17, 15) is 9.59 Å². The zero-order chi connectivity index (χ0) is 36.7. The van der Waals surface area contributed by atoms with Gasteiger partial charge in [-0.1, -0.05) is 30.3 Å². The third-order valence-electron chi connectivity index (χ3n) is 8.58. The number of hydrogen-bond acceptors (Lipinski definition) is 8. The molecule has 0 saturated heterocycles. The summed E-state index contributed by atoms with van der Waals surface area (Å²) in [5.74, 6) is -0.0991.